The number of hydrogen-bond donors (Lipinski definition) is 1. The zero-order valence-electron chi connectivity index (χ0n) is 20.6. The highest BCUT2D eigenvalue weighted by molar-refractivity contribution is 6.31. The van der Waals surface area contributed by atoms with E-state index in [9.17, 15) is 9.59 Å². The van der Waals surface area contributed by atoms with Gasteiger partial charge in [0.15, 0.2) is 11.5 Å². The molecule has 3 aromatic rings. The zero-order chi connectivity index (χ0) is 26.0. The van der Waals surface area contributed by atoms with E-state index in [-0.39, 0.29) is 11.8 Å². The van der Waals surface area contributed by atoms with Gasteiger partial charge in [0.2, 0.25) is 5.91 Å². The number of hydrogen-bond acceptors (Lipinski definition) is 6. The summed E-state index contributed by atoms with van der Waals surface area (Å²) in [5, 5.41) is 3.40. The summed E-state index contributed by atoms with van der Waals surface area (Å²) in [7, 11) is 7.77. The van der Waals surface area contributed by atoms with Gasteiger partial charge in [0, 0.05) is 17.6 Å². The second-order valence-corrected chi connectivity index (χ2v) is 8.68. The summed E-state index contributed by atoms with van der Waals surface area (Å²) < 4.78 is 21.6. The van der Waals surface area contributed by atoms with Crippen LogP contribution in [0.4, 0.5) is 5.69 Å². The van der Waals surface area contributed by atoms with Crippen molar-refractivity contribution in [1.29, 1.82) is 0 Å². The highest BCUT2D eigenvalue weighted by Crippen LogP contribution is 2.46. The van der Waals surface area contributed by atoms with Gasteiger partial charge in [0.05, 0.1) is 46.1 Å². The van der Waals surface area contributed by atoms with Crippen molar-refractivity contribution in [2.24, 2.45) is 0 Å². The number of carbonyl (C=O) groups is 2. The summed E-state index contributed by atoms with van der Waals surface area (Å²) in [5.41, 5.74) is 2.07. The number of ether oxygens (including phenoxy) is 4. The molecule has 0 radical (unpaired) electrons. The van der Waals surface area contributed by atoms with Crippen LogP contribution in [0.1, 0.15) is 33.4 Å². The number of amides is 2. The third kappa shape index (κ3) is 4.52. The van der Waals surface area contributed by atoms with Crippen molar-refractivity contribution in [3.63, 3.8) is 0 Å². The number of rotatable bonds is 7. The summed E-state index contributed by atoms with van der Waals surface area (Å²) in [6, 6.07) is 14.9. The third-order valence-corrected chi connectivity index (χ3v) is 6.57. The summed E-state index contributed by atoms with van der Waals surface area (Å²) in [6.45, 7) is 0. The molecule has 0 bridgehead atoms. The maximum Gasteiger partial charge on any atom is 0.254 e. The molecule has 0 spiro atoms. The lowest BCUT2D eigenvalue weighted by atomic mass is 9.79. The Morgan fingerprint density at radius 3 is 2.11 bits per heavy atom. The molecular weight excluding hydrogens is 484 g/mol. The quantitative estimate of drug-likeness (QED) is 0.485. The Morgan fingerprint density at radius 2 is 1.50 bits per heavy atom. The van der Waals surface area contributed by atoms with Crippen molar-refractivity contribution in [1.82, 2.24) is 4.90 Å². The molecule has 36 heavy (non-hydrogen) atoms. The smallest absolute Gasteiger partial charge is 0.254 e. The first-order valence-corrected chi connectivity index (χ1v) is 11.5. The topological polar surface area (TPSA) is 86.3 Å². The molecule has 0 saturated heterocycles. The lowest BCUT2D eigenvalue weighted by Crippen LogP contribution is -2.44. The van der Waals surface area contributed by atoms with Gasteiger partial charge in [-0.15, -0.1) is 0 Å². The van der Waals surface area contributed by atoms with Crippen LogP contribution < -0.4 is 24.3 Å². The standard InChI is InChI=1S/C27H27ClN2O6/c1-30-25(15-6-9-17(33-2)10-7-15)24(26(31)29-20-12-16(28)8-11-21(20)34-3)18-13-22(35-4)23(36-5)14-19(18)27(30)32/h6-14,24-25H,1-5H3,(H,29,31). The predicted octanol–water partition coefficient (Wildman–Crippen LogP) is 4.92. The number of likely N-dealkylation sites (N-methyl/N-ethyl adjacent to an activating group) is 1. The molecule has 188 valence electrons. The predicted molar refractivity (Wildman–Crippen MR) is 137 cm³/mol. The van der Waals surface area contributed by atoms with Gasteiger partial charge in [0.25, 0.3) is 5.91 Å². The number of anilines is 1. The van der Waals surface area contributed by atoms with E-state index in [1.54, 1.807) is 61.5 Å². The molecule has 2 unspecified atom stereocenters. The van der Waals surface area contributed by atoms with Gasteiger partial charge in [-0.1, -0.05) is 23.7 Å². The molecule has 0 fully saturated rings. The molecule has 0 aliphatic carbocycles. The molecular formula is C27H27ClN2O6. The highest BCUT2D eigenvalue weighted by Gasteiger charge is 2.43. The fraction of sp³-hybridized carbons (Fsp3) is 0.259. The average molecular weight is 511 g/mol. The van der Waals surface area contributed by atoms with Gasteiger partial charge in [-0.25, -0.2) is 0 Å². The molecule has 1 aliphatic heterocycles. The van der Waals surface area contributed by atoms with Crippen molar-refractivity contribution in [3.8, 4) is 23.0 Å². The molecule has 2 atom stereocenters. The summed E-state index contributed by atoms with van der Waals surface area (Å²) in [5.74, 6) is 0.568. The van der Waals surface area contributed by atoms with Gasteiger partial charge in [-0.2, -0.15) is 0 Å². The molecule has 4 rings (SSSR count). The zero-order valence-corrected chi connectivity index (χ0v) is 21.4. The molecule has 1 aliphatic rings. The van der Waals surface area contributed by atoms with E-state index >= 15 is 0 Å². The van der Waals surface area contributed by atoms with Crippen molar-refractivity contribution < 1.29 is 28.5 Å². The maximum absolute atomic E-state index is 14.0. The Balaban J connectivity index is 1.89. The number of carbonyl (C=O) groups excluding carboxylic acids is 2. The van der Waals surface area contributed by atoms with E-state index in [4.69, 9.17) is 30.5 Å². The van der Waals surface area contributed by atoms with E-state index in [1.165, 1.54) is 21.3 Å². The Labute approximate surface area is 214 Å². The summed E-state index contributed by atoms with van der Waals surface area (Å²) >= 11 is 6.19. The summed E-state index contributed by atoms with van der Waals surface area (Å²) in [4.78, 5) is 29.0. The van der Waals surface area contributed by atoms with Crippen LogP contribution >= 0.6 is 11.6 Å². The number of nitrogens with one attached hydrogen (secondary N) is 1. The Hall–Kier alpha value is -3.91. The van der Waals surface area contributed by atoms with Crippen molar-refractivity contribution in [2.45, 2.75) is 12.0 Å². The first-order valence-electron chi connectivity index (χ1n) is 11.1. The Morgan fingerprint density at radius 1 is 0.861 bits per heavy atom. The maximum atomic E-state index is 14.0. The normalized spacial score (nSPS) is 16.7. The lowest BCUT2D eigenvalue weighted by molar-refractivity contribution is -0.119. The largest absolute Gasteiger partial charge is 0.497 e. The number of fused-ring (bicyclic) bond motifs is 1. The molecule has 0 saturated carbocycles. The molecule has 1 N–H and O–H groups in total. The lowest BCUT2D eigenvalue weighted by Gasteiger charge is -2.40. The van der Waals surface area contributed by atoms with Crippen LogP contribution in [0, 0.1) is 0 Å². The molecule has 9 heteroatoms. The minimum atomic E-state index is -0.792. The fourth-order valence-corrected chi connectivity index (χ4v) is 4.71. The highest BCUT2D eigenvalue weighted by atomic mass is 35.5. The number of nitrogens with zero attached hydrogens (tertiary/aromatic N) is 1. The van der Waals surface area contributed by atoms with Gasteiger partial charge in [0.1, 0.15) is 11.5 Å². The van der Waals surface area contributed by atoms with E-state index in [1.807, 2.05) is 12.1 Å². The second kappa shape index (κ2) is 10.4. The molecule has 2 amide bonds. The Kier molecular flexibility index (Phi) is 7.26. The van der Waals surface area contributed by atoms with E-state index in [0.717, 1.165) is 5.56 Å². The van der Waals surface area contributed by atoms with Crippen LogP contribution in [0.15, 0.2) is 54.6 Å². The van der Waals surface area contributed by atoms with Crippen LogP contribution in [0.5, 0.6) is 23.0 Å². The first-order chi connectivity index (χ1) is 17.3. The Bertz CT molecular complexity index is 1290. The van der Waals surface area contributed by atoms with Gasteiger partial charge >= 0.3 is 0 Å². The van der Waals surface area contributed by atoms with Gasteiger partial charge in [-0.05, 0) is 53.6 Å². The van der Waals surface area contributed by atoms with Crippen LogP contribution in [0.3, 0.4) is 0 Å². The van der Waals surface area contributed by atoms with Crippen molar-refractivity contribution in [3.05, 3.63) is 76.3 Å². The minimum absolute atomic E-state index is 0.240. The van der Waals surface area contributed by atoms with E-state index in [2.05, 4.69) is 5.32 Å². The van der Waals surface area contributed by atoms with Crippen LogP contribution in [-0.2, 0) is 4.79 Å². The fourth-order valence-electron chi connectivity index (χ4n) is 4.54. The molecule has 3 aromatic carbocycles. The molecule has 0 aromatic heterocycles. The average Bonchev–Trinajstić information content (AvgIpc) is 2.90. The van der Waals surface area contributed by atoms with Crippen molar-refractivity contribution in [2.75, 3.05) is 40.8 Å². The van der Waals surface area contributed by atoms with Crippen LogP contribution in [0.2, 0.25) is 5.02 Å². The summed E-state index contributed by atoms with van der Waals surface area (Å²) in [6.07, 6.45) is 0. The van der Waals surface area contributed by atoms with Crippen molar-refractivity contribution >= 4 is 29.1 Å². The van der Waals surface area contributed by atoms with E-state index < -0.39 is 12.0 Å². The monoisotopic (exact) mass is 510 g/mol. The SMILES string of the molecule is COc1ccc(C2C(C(=O)Nc3cc(Cl)ccc3OC)c3cc(OC)c(OC)cc3C(=O)N2C)cc1. The van der Waals surface area contributed by atoms with Gasteiger partial charge < -0.3 is 29.2 Å². The minimum Gasteiger partial charge on any atom is -0.497 e. The van der Waals surface area contributed by atoms with E-state index in [0.29, 0.717) is 44.8 Å². The van der Waals surface area contributed by atoms with Crippen LogP contribution in [0.25, 0.3) is 0 Å². The third-order valence-electron chi connectivity index (χ3n) is 6.33. The number of halogens is 1. The number of benzene rings is 3. The van der Waals surface area contributed by atoms with Gasteiger partial charge in [-0.3, -0.25) is 9.59 Å². The van der Waals surface area contributed by atoms with Crippen LogP contribution in [-0.4, -0.2) is 52.2 Å². The molecule has 1 heterocycles. The second-order valence-electron chi connectivity index (χ2n) is 8.24. The molecule has 8 nitrogen and oxygen atoms in total. The number of methoxy groups -OCH3 is 4. The first kappa shape index (κ1) is 25.2.